The van der Waals surface area contributed by atoms with E-state index in [9.17, 15) is 9.90 Å². The predicted octanol–water partition coefficient (Wildman–Crippen LogP) is 1.86. The number of nitrogens with one attached hydrogen (secondary N) is 1. The molecule has 2 rings (SSSR count). The van der Waals surface area contributed by atoms with E-state index in [0.717, 1.165) is 32.5 Å². The second kappa shape index (κ2) is 7.56. The van der Waals surface area contributed by atoms with Gasteiger partial charge < -0.3 is 15.2 Å². The zero-order valence-corrected chi connectivity index (χ0v) is 13.4. The molecule has 21 heavy (non-hydrogen) atoms. The summed E-state index contributed by atoms with van der Waals surface area (Å²) in [5.74, 6) is -0.744. The van der Waals surface area contributed by atoms with Crippen LogP contribution in [-0.4, -0.2) is 59.9 Å². The van der Waals surface area contributed by atoms with E-state index >= 15 is 0 Å². The van der Waals surface area contributed by atoms with Crippen LogP contribution in [-0.2, 0) is 9.53 Å². The van der Waals surface area contributed by atoms with Crippen molar-refractivity contribution < 1.29 is 14.6 Å². The number of carboxylic acid groups (broad SMARTS) is 1. The first-order valence-electron chi connectivity index (χ1n) is 8.41. The average Bonchev–Trinajstić information content (AvgIpc) is 2.93. The van der Waals surface area contributed by atoms with Crippen molar-refractivity contribution in [1.82, 2.24) is 10.2 Å². The van der Waals surface area contributed by atoms with Gasteiger partial charge >= 0.3 is 5.97 Å². The molecular formula is C16H30N2O3. The molecule has 5 nitrogen and oxygen atoms in total. The molecule has 5 heteroatoms. The molecule has 0 bridgehead atoms. The first kappa shape index (κ1) is 16.7. The molecule has 0 aromatic carbocycles. The fraction of sp³-hybridized carbons (Fsp3) is 0.938. The van der Waals surface area contributed by atoms with E-state index in [1.807, 2.05) is 6.92 Å². The highest BCUT2D eigenvalue weighted by atomic mass is 16.5. The van der Waals surface area contributed by atoms with E-state index in [-0.39, 0.29) is 0 Å². The molecule has 1 heterocycles. The van der Waals surface area contributed by atoms with Crippen molar-refractivity contribution in [3.05, 3.63) is 0 Å². The summed E-state index contributed by atoms with van der Waals surface area (Å²) in [6.45, 7) is 7.40. The third-order valence-electron chi connectivity index (χ3n) is 5.01. The summed E-state index contributed by atoms with van der Waals surface area (Å²) in [7, 11) is 0. The smallest absolute Gasteiger partial charge is 0.323 e. The van der Waals surface area contributed by atoms with Crippen molar-refractivity contribution in [2.75, 3.05) is 26.2 Å². The minimum Gasteiger partial charge on any atom is -0.480 e. The Bertz CT molecular complexity index is 350. The van der Waals surface area contributed by atoms with Crippen LogP contribution in [0, 0.1) is 0 Å². The molecule has 0 spiro atoms. The standard InChI is InChI=1S/C16H30N2O3/c1-3-17-16(2,15(19)20)9-4-5-10-18-11-12-21-14-8-6-7-13(14)18/h13-14,17H,3-12H2,1-2H3,(H,19,20). The van der Waals surface area contributed by atoms with E-state index in [4.69, 9.17) is 4.74 Å². The molecule has 0 aromatic heterocycles. The molecule has 0 radical (unpaired) electrons. The number of ether oxygens (including phenoxy) is 1. The summed E-state index contributed by atoms with van der Waals surface area (Å²) >= 11 is 0. The van der Waals surface area contributed by atoms with Gasteiger partial charge in [0.25, 0.3) is 0 Å². The third-order valence-corrected chi connectivity index (χ3v) is 5.01. The number of hydrogen-bond acceptors (Lipinski definition) is 4. The Morgan fingerprint density at radius 3 is 2.95 bits per heavy atom. The Balaban J connectivity index is 1.72. The molecule has 2 fully saturated rings. The van der Waals surface area contributed by atoms with Gasteiger partial charge in [-0.2, -0.15) is 0 Å². The maximum Gasteiger partial charge on any atom is 0.323 e. The van der Waals surface area contributed by atoms with Crippen molar-refractivity contribution >= 4 is 5.97 Å². The highest BCUT2D eigenvalue weighted by molar-refractivity contribution is 5.78. The van der Waals surface area contributed by atoms with Gasteiger partial charge in [-0.3, -0.25) is 9.69 Å². The SMILES string of the molecule is CCNC(C)(CCCCN1CCOC2CCCC21)C(=O)O. The lowest BCUT2D eigenvalue weighted by molar-refractivity contribution is -0.144. The quantitative estimate of drug-likeness (QED) is 0.670. The van der Waals surface area contributed by atoms with E-state index in [1.54, 1.807) is 6.92 Å². The first-order chi connectivity index (χ1) is 10.1. The number of hydrogen-bond donors (Lipinski definition) is 2. The van der Waals surface area contributed by atoms with E-state index in [1.165, 1.54) is 19.3 Å². The summed E-state index contributed by atoms with van der Waals surface area (Å²) < 4.78 is 5.83. The average molecular weight is 298 g/mol. The molecule has 122 valence electrons. The lowest BCUT2D eigenvalue weighted by atomic mass is 9.94. The number of nitrogens with zero attached hydrogens (tertiary/aromatic N) is 1. The summed E-state index contributed by atoms with van der Waals surface area (Å²) in [4.78, 5) is 13.9. The van der Waals surface area contributed by atoms with E-state index in [2.05, 4.69) is 10.2 Å². The van der Waals surface area contributed by atoms with Crippen LogP contribution in [0.4, 0.5) is 0 Å². The van der Waals surface area contributed by atoms with Crippen molar-refractivity contribution in [1.29, 1.82) is 0 Å². The summed E-state index contributed by atoms with van der Waals surface area (Å²) in [5.41, 5.74) is -0.782. The van der Waals surface area contributed by atoms with Crippen LogP contribution in [0.5, 0.6) is 0 Å². The lowest BCUT2D eigenvalue weighted by Crippen LogP contribution is -2.50. The molecule has 1 aliphatic heterocycles. The number of aliphatic carboxylic acids is 1. The van der Waals surface area contributed by atoms with Gasteiger partial charge in [0.2, 0.25) is 0 Å². The molecular weight excluding hydrogens is 268 g/mol. The Kier molecular flexibility index (Phi) is 6.02. The fourth-order valence-corrected chi connectivity index (χ4v) is 3.74. The van der Waals surface area contributed by atoms with Crippen LogP contribution in [0.2, 0.25) is 0 Å². The zero-order chi connectivity index (χ0) is 15.3. The summed E-state index contributed by atoms with van der Waals surface area (Å²) in [6, 6.07) is 0.610. The number of likely N-dealkylation sites (N-methyl/N-ethyl adjacent to an activating group) is 1. The highest BCUT2D eigenvalue weighted by Crippen LogP contribution is 2.29. The van der Waals surface area contributed by atoms with Crippen molar-refractivity contribution in [3.63, 3.8) is 0 Å². The minimum atomic E-state index is -0.782. The van der Waals surface area contributed by atoms with Crippen LogP contribution in [0.3, 0.4) is 0 Å². The molecule has 2 N–H and O–H groups in total. The molecule has 1 saturated heterocycles. The van der Waals surface area contributed by atoms with Gasteiger partial charge in [-0.1, -0.05) is 6.92 Å². The van der Waals surface area contributed by atoms with Crippen LogP contribution in [0.25, 0.3) is 0 Å². The molecule has 3 atom stereocenters. The van der Waals surface area contributed by atoms with Crippen LogP contribution in [0.1, 0.15) is 52.4 Å². The number of carboxylic acids is 1. The second-order valence-electron chi connectivity index (χ2n) is 6.57. The largest absolute Gasteiger partial charge is 0.480 e. The van der Waals surface area contributed by atoms with E-state index < -0.39 is 11.5 Å². The number of morpholine rings is 1. The Morgan fingerprint density at radius 2 is 2.24 bits per heavy atom. The molecule has 1 aliphatic carbocycles. The monoisotopic (exact) mass is 298 g/mol. The van der Waals surface area contributed by atoms with Crippen LogP contribution in [0.15, 0.2) is 0 Å². The van der Waals surface area contributed by atoms with Gasteiger partial charge in [-0.25, -0.2) is 0 Å². The molecule has 0 aromatic rings. The van der Waals surface area contributed by atoms with Crippen molar-refractivity contribution in [2.45, 2.75) is 70.1 Å². The van der Waals surface area contributed by atoms with Gasteiger partial charge in [0.1, 0.15) is 5.54 Å². The van der Waals surface area contributed by atoms with Gasteiger partial charge in [0, 0.05) is 12.6 Å². The lowest BCUT2D eigenvalue weighted by Gasteiger charge is -2.37. The van der Waals surface area contributed by atoms with Crippen molar-refractivity contribution in [3.8, 4) is 0 Å². The number of unbranched alkanes of at least 4 members (excludes halogenated alkanes) is 1. The van der Waals surface area contributed by atoms with E-state index in [0.29, 0.717) is 25.1 Å². The van der Waals surface area contributed by atoms with Crippen molar-refractivity contribution in [2.24, 2.45) is 0 Å². The topological polar surface area (TPSA) is 61.8 Å². The Hall–Kier alpha value is -0.650. The molecule has 3 unspecified atom stereocenters. The maximum absolute atomic E-state index is 11.4. The summed E-state index contributed by atoms with van der Waals surface area (Å²) in [6.07, 6.45) is 6.90. The molecule has 0 amide bonds. The second-order valence-corrected chi connectivity index (χ2v) is 6.57. The van der Waals surface area contributed by atoms with Gasteiger partial charge in [-0.15, -0.1) is 0 Å². The summed E-state index contributed by atoms with van der Waals surface area (Å²) in [5, 5.41) is 12.4. The third kappa shape index (κ3) is 4.18. The Morgan fingerprint density at radius 1 is 1.43 bits per heavy atom. The van der Waals surface area contributed by atoms with Gasteiger partial charge in [0.05, 0.1) is 12.7 Å². The molecule has 2 aliphatic rings. The number of rotatable bonds is 8. The molecule has 1 saturated carbocycles. The number of carbonyl (C=O) groups is 1. The van der Waals surface area contributed by atoms with Crippen LogP contribution >= 0.6 is 0 Å². The minimum absolute atomic E-state index is 0.449. The normalized spacial score (nSPS) is 29.0. The fourth-order valence-electron chi connectivity index (χ4n) is 3.74. The predicted molar refractivity (Wildman–Crippen MR) is 82.5 cm³/mol. The van der Waals surface area contributed by atoms with Crippen LogP contribution < -0.4 is 5.32 Å². The van der Waals surface area contributed by atoms with Gasteiger partial charge in [-0.05, 0) is 58.5 Å². The highest BCUT2D eigenvalue weighted by Gasteiger charge is 2.36. The first-order valence-corrected chi connectivity index (χ1v) is 8.41. The van der Waals surface area contributed by atoms with Gasteiger partial charge in [0.15, 0.2) is 0 Å². The number of fused-ring (bicyclic) bond motifs is 1. The Labute approximate surface area is 128 Å². The maximum atomic E-state index is 11.4. The zero-order valence-electron chi connectivity index (χ0n) is 13.4.